The quantitative estimate of drug-likeness (QED) is 0.597. The van der Waals surface area contributed by atoms with Crippen LogP contribution in [0.2, 0.25) is 0 Å². The average molecular weight is 249 g/mol. The fourth-order valence-corrected chi connectivity index (χ4v) is 2.97. The van der Waals surface area contributed by atoms with E-state index in [0.29, 0.717) is 18.1 Å². The van der Waals surface area contributed by atoms with Crippen molar-refractivity contribution in [2.75, 3.05) is 23.5 Å². The Morgan fingerprint density at radius 2 is 2.33 bits per heavy atom. The first-order chi connectivity index (χ1) is 8.78. The molecule has 98 valence electrons. The van der Waals surface area contributed by atoms with E-state index >= 15 is 0 Å². The number of nitrogens with one attached hydrogen (secondary N) is 1. The maximum atomic E-state index is 5.82. The molecule has 6 heteroatoms. The van der Waals surface area contributed by atoms with E-state index in [1.807, 2.05) is 13.0 Å². The maximum Gasteiger partial charge on any atom is 0.239 e. The van der Waals surface area contributed by atoms with Gasteiger partial charge in [0, 0.05) is 18.3 Å². The number of nitrogens with zero attached hydrogens (tertiary/aromatic N) is 3. The lowest BCUT2D eigenvalue weighted by molar-refractivity contribution is 0.0253. The summed E-state index contributed by atoms with van der Waals surface area (Å²) in [6.45, 7) is 3.62. The molecule has 3 N–H and O–H groups in total. The van der Waals surface area contributed by atoms with Crippen LogP contribution in [0.25, 0.3) is 0 Å². The minimum atomic E-state index is 0.364. The highest BCUT2D eigenvalue weighted by atomic mass is 16.5. The number of anilines is 2. The van der Waals surface area contributed by atoms with Gasteiger partial charge < -0.3 is 9.64 Å². The zero-order valence-electron chi connectivity index (χ0n) is 10.6. The van der Waals surface area contributed by atoms with Crippen molar-refractivity contribution in [2.24, 2.45) is 5.84 Å². The number of hydrazine groups is 1. The highest BCUT2D eigenvalue weighted by Crippen LogP contribution is 2.32. The van der Waals surface area contributed by atoms with Crippen molar-refractivity contribution in [1.29, 1.82) is 0 Å². The normalized spacial score (nSPS) is 27.1. The Morgan fingerprint density at radius 1 is 1.44 bits per heavy atom. The van der Waals surface area contributed by atoms with Gasteiger partial charge in [0.15, 0.2) is 0 Å². The number of ether oxygens (including phenoxy) is 1. The molecule has 2 fully saturated rings. The first kappa shape index (κ1) is 11.7. The molecule has 18 heavy (non-hydrogen) atoms. The topological polar surface area (TPSA) is 76.3 Å². The monoisotopic (exact) mass is 249 g/mol. The molecule has 1 aromatic heterocycles. The van der Waals surface area contributed by atoms with Crippen LogP contribution in [-0.2, 0) is 4.74 Å². The molecule has 0 bridgehead atoms. The molecule has 1 aromatic rings. The van der Waals surface area contributed by atoms with Gasteiger partial charge in [-0.3, -0.25) is 5.43 Å². The Hall–Kier alpha value is -1.40. The Labute approximate surface area is 107 Å². The van der Waals surface area contributed by atoms with Gasteiger partial charge in [-0.25, -0.2) is 10.8 Å². The molecule has 1 saturated carbocycles. The van der Waals surface area contributed by atoms with Gasteiger partial charge in [-0.15, -0.1) is 0 Å². The van der Waals surface area contributed by atoms with E-state index in [1.165, 1.54) is 12.8 Å². The van der Waals surface area contributed by atoms with E-state index in [1.54, 1.807) is 0 Å². The molecule has 1 aliphatic carbocycles. The third-order valence-electron chi connectivity index (χ3n) is 3.75. The molecule has 2 atom stereocenters. The van der Waals surface area contributed by atoms with Crippen LogP contribution in [0, 0.1) is 6.92 Å². The summed E-state index contributed by atoms with van der Waals surface area (Å²) in [5.41, 5.74) is 3.45. The van der Waals surface area contributed by atoms with Crippen LogP contribution in [0.3, 0.4) is 0 Å². The smallest absolute Gasteiger partial charge is 0.239 e. The predicted octanol–water partition coefficient (Wildman–Crippen LogP) is 0.828. The molecule has 1 saturated heterocycles. The molecule has 0 spiro atoms. The molecule has 6 nitrogen and oxygen atoms in total. The summed E-state index contributed by atoms with van der Waals surface area (Å²) in [5.74, 6) is 6.84. The Kier molecular flexibility index (Phi) is 3.05. The molecule has 1 aliphatic heterocycles. The van der Waals surface area contributed by atoms with Gasteiger partial charge in [-0.2, -0.15) is 4.98 Å². The van der Waals surface area contributed by atoms with E-state index in [-0.39, 0.29) is 0 Å². The van der Waals surface area contributed by atoms with Crippen molar-refractivity contribution in [2.45, 2.75) is 38.3 Å². The summed E-state index contributed by atoms with van der Waals surface area (Å²) in [5, 5.41) is 0. The lowest BCUT2D eigenvalue weighted by Crippen LogP contribution is -2.49. The fourth-order valence-electron chi connectivity index (χ4n) is 2.97. The fraction of sp³-hybridized carbons (Fsp3) is 0.667. The van der Waals surface area contributed by atoms with Crippen molar-refractivity contribution in [3.05, 3.63) is 11.8 Å². The number of aromatic nitrogens is 2. The number of nitrogen functional groups attached to an aromatic ring is 1. The molecule has 2 aliphatic rings. The molecule has 2 unspecified atom stereocenters. The van der Waals surface area contributed by atoms with Gasteiger partial charge >= 0.3 is 0 Å². The third-order valence-corrected chi connectivity index (χ3v) is 3.75. The van der Waals surface area contributed by atoms with Crippen LogP contribution < -0.4 is 16.2 Å². The van der Waals surface area contributed by atoms with Gasteiger partial charge in [0.1, 0.15) is 5.82 Å². The number of hydrogen-bond acceptors (Lipinski definition) is 6. The van der Waals surface area contributed by atoms with Gasteiger partial charge in [0.2, 0.25) is 5.95 Å². The Balaban J connectivity index is 1.90. The summed E-state index contributed by atoms with van der Waals surface area (Å²) in [6, 6.07) is 2.47. The minimum absolute atomic E-state index is 0.364. The Morgan fingerprint density at radius 3 is 3.17 bits per heavy atom. The summed E-state index contributed by atoms with van der Waals surface area (Å²) >= 11 is 0. The number of rotatable bonds is 2. The molecule has 0 radical (unpaired) electrons. The van der Waals surface area contributed by atoms with Crippen molar-refractivity contribution in [3.63, 3.8) is 0 Å². The minimum Gasteiger partial charge on any atom is -0.374 e. The number of aryl methyl sites for hydroxylation is 1. The van der Waals surface area contributed by atoms with Gasteiger partial charge in [0.25, 0.3) is 0 Å². The zero-order chi connectivity index (χ0) is 12.5. The number of fused-ring (bicyclic) bond motifs is 1. The van der Waals surface area contributed by atoms with E-state index in [0.717, 1.165) is 31.1 Å². The van der Waals surface area contributed by atoms with Crippen LogP contribution in [0.5, 0.6) is 0 Å². The van der Waals surface area contributed by atoms with Crippen LogP contribution in [0.15, 0.2) is 6.07 Å². The molecular formula is C12H19N5O. The lowest BCUT2D eigenvalue weighted by Gasteiger charge is -2.38. The van der Waals surface area contributed by atoms with Gasteiger partial charge in [-0.1, -0.05) is 0 Å². The Bertz CT molecular complexity index is 438. The second kappa shape index (κ2) is 4.70. The van der Waals surface area contributed by atoms with Gasteiger partial charge in [0.05, 0.1) is 18.8 Å². The van der Waals surface area contributed by atoms with Crippen LogP contribution in [-0.4, -0.2) is 35.3 Å². The third kappa shape index (κ3) is 2.02. The predicted molar refractivity (Wildman–Crippen MR) is 69.3 cm³/mol. The summed E-state index contributed by atoms with van der Waals surface area (Å²) < 4.78 is 5.82. The second-order valence-electron chi connectivity index (χ2n) is 4.94. The molecule has 2 heterocycles. The van der Waals surface area contributed by atoms with Gasteiger partial charge in [-0.05, 0) is 26.2 Å². The van der Waals surface area contributed by atoms with E-state index < -0.39 is 0 Å². The molecule has 0 aromatic carbocycles. The maximum absolute atomic E-state index is 5.82. The highest BCUT2D eigenvalue weighted by molar-refractivity contribution is 5.46. The van der Waals surface area contributed by atoms with Crippen LogP contribution in [0.1, 0.15) is 25.0 Å². The summed E-state index contributed by atoms with van der Waals surface area (Å²) in [6.07, 6.45) is 3.94. The second-order valence-corrected chi connectivity index (χ2v) is 4.94. The van der Waals surface area contributed by atoms with Crippen LogP contribution in [0.4, 0.5) is 11.8 Å². The molecular weight excluding hydrogens is 230 g/mol. The van der Waals surface area contributed by atoms with Crippen LogP contribution >= 0.6 is 0 Å². The molecule has 3 rings (SSSR count). The molecule has 0 amide bonds. The SMILES string of the molecule is Cc1cc(N2CCOC3CCCC32)nc(NN)n1. The van der Waals surface area contributed by atoms with E-state index in [4.69, 9.17) is 10.6 Å². The first-order valence-electron chi connectivity index (χ1n) is 6.48. The van der Waals surface area contributed by atoms with E-state index in [9.17, 15) is 0 Å². The number of nitrogens with two attached hydrogens (primary N) is 1. The standard InChI is InChI=1S/C12H19N5O/c1-8-7-11(15-12(14-8)16-13)17-5-6-18-10-4-2-3-9(10)17/h7,9-10H,2-6,13H2,1H3,(H,14,15,16). The average Bonchev–Trinajstić information content (AvgIpc) is 2.85. The zero-order valence-corrected chi connectivity index (χ0v) is 10.6. The first-order valence-corrected chi connectivity index (χ1v) is 6.48. The summed E-state index contributed by atoms with van der Waals surface area (Å²) in [7, 11) is 0. The van der Waals surface area contributed by atoms with Crippen molar-refractivity contribution < 1.29 is 4.74 Å². The largest absolute Gasteiger partial charge is 0.374 e. The highest BCUT2D eigenvalue weighted by Gasteiger charge is 2.36. The van der Waals surface area contributed by atoms with Crippen molar-refractivity contribution >= 4 is 11.8 Å². The lowest BCUT2D eigenvalue weighted by atomic mass is 10.1. The number of morpholine rings is 1. The van der Waals surface area contributed by atoms with Crippen molar-refractivity contribution in [1.82, 2.24) is 9.97 Å². The summed E-state index contributed by atoms with van der Waals surface area (Å²) in [4.78, 5) is 11.0. The van der Waals surface area contributed by atoms with E-state index in [2.05, 4.69) is 20.3 Å². The van der Waals surface area contributed by atoms with Crippen molar-refractivity contribution in [3.8, 4) is 0 Å². The number of hydrogen-bond donors (Lipinski definition) is 2.